The zero-order valence-corrected chi connectivity index (χ0v) is 52.4. The molecule has 0 radical (unpaired) electrons. The van der Waals surface area contributed by atoms with Crippen LogP contribution >= 0.6 is 0 Å². The van der Waals surface area contributed by atoms with Gasteiger partial charge < -0.3 is 14.2 Å². The van der Waals surface area contributed by atoms with E-state index >= 15 is 0 Å². The molecule has 0 heterocycles. The fraction of sp³-hybridized carbons (Fsp3) is 0.767. The number of rotatable bonds is 62. The molecule has 1 atom stereocenters. The van der Waals surface area contributed by atoms with Crippen molar-refractivity contribution in [3.05, 3.63) is 85.1 Å². The topological polar surface area (TPSA) is 78.9 Å². The van der Waals surface area contributed by atoms with Gasteiger partial charge in [0, 0.05) is 19.3 Å². The van der Waals surface area contributed by atoms with Crippen molar-refractivity contribution in [2.24, 2.45) is 0 Å². The van der Waals surface area contributed by atoms with Crippen molar-refractivity contribution >= 4 is 17.9 Å². The lowest BCUT2D eigenvalue weighted by Gasteiger charge is -2.18. The highest BCUT2D eigenvalue weighted by molar-refractivity contribution is 5.71. The van der Waals surface area contributed by atoms with Gasteiger partial charge in [-0.1, -0.05) is 311 Å². The first kappa shape index (κ1) is 75.6. The Kier molecular flexibility index (Phi) is 64.2. The van der Waals surface area contributed by atoms with E-state index in [0.29, 0.717) is 19.3 Å². The first-order valence-electron chi connectivity index (χ1n) is 34.1. The van der Waals surface area contributed by atoms with E-state index in [1.807, 2.05) is 0 Å². The Morgan fingerprint density at radius 2 is 0.494 bits per heavy atom. The van der Waals surface area contributed by atoms with Gasteiger partial charge in [0.1, 0.15) is 13.2 Å². The number of ether oxygens (including phenoxy) is 3. The van der Waals surface area contributed by atoms with Crippen molar-refractivity contribution in [3.63, 3.8) is 0 Å². The molecule has 79 heavy (non-hydrogen) atoms. The van der Waals surface area contributed by atoms with Crippen LogP contribution in [-0.2, 0) is 28.6 Å². The number of hydrogen-bond donors (Lipinski definition) is 0. The predicted molar refractivity (Wildman–Crippen MR) is 344 cm³/mol. The lowest BCUT2D eigenvalue weighted by Crippen LogP contribution is -2.30. The third-order valence-electron chi connectivity index (χ3n) is 14.9. The van der Waals surface area contributed by atoms with Gasteiger partial charge in [-0.2, -0.15) is 0 Å². The number of allylic oxidation sites excluding steroid dienone is 14. The lowest BCUT2D eigenvalue weighted by molar-refractivity contribution is -0.167. The van der Waals surface area contributed by atoms with Gasteiger partial charge in [0.05, 0.1) is 0 Å². The first-order chi connectivity index (χ1) is 39.0. The van der Waals surface area contributed by atoms with E-state index in [1.54, 1.807) is 0 Å². The third kappa shape index (κ3) is 65.3. The number of esters is 3. The molecule has 0 amide bonds. The Bertz CT molecular complexity index is 1500. The van der Waals surface area contributed by atoms with Crippen molar-refractivity contribution < 1.29 is 28.6 Å². The molecule has 456 valence electrons. The Morgan fingerprint density at radius 1 is 0.266 bits per heavy atom. The molecule has 0 aliphatic carbocycles. The largest absolute Gasteiger partial charge is 0.462 e. The van der Waals surface area contributed by atoms with Gasteiger partial charge in [0.25, 0.3) is 0 Å². The Labute approximate surface area is 490 Å². The molecule has 0 aliphatic rings. The Morgan fingerprint density at radius 3 is 0.785 bits per heavy atom. The number of carbonyl (C=O) groups excluding carboxylic acids is 3. The summed E-state index contributed by atoms with van der Waals surface area (Å²) in [5.41, 5.74) is 0. The molecule has 0 saturated heterocycles. The highest BCUT2D eigenvalue weighted by atomic mass is 16.6. The zero-order valence-electron chi connectivity index (χ0n) is 52.4. The van der Waals surface area contributed by atoms with Crippen LogP contribution in [0.2, 0.25) is 0 Å². The van der Waals surface area contributed by atoms with E-state index in [-0.39, 0.29) is 31.1 Å². The van der Waals surface area contributed by atoms with Crippen molar-refractivity contribution in [1.82, 2.24) is 0 Å². The van der Waals surface area contributed by atoms with Gasteiger partial charge in [-0.3, -0.25) is 14.4 Å². The zero-order chi connectivity index (χ0) is 57.1. The van der Waals surface area contributed by atoms with Crippen LogP contribution in [-0.4, -0.2) is 37.2 Å². The summed E-state index contributed by atoms with van der Waals surface area (Å²) in [5, 5.41) is 0. The molecule has 0 bridgehead atoms. The molecule has 0 aromatic rings. The summed E-state index contributed by atoms with van der Waals surface area (Å²) in [5.74, 6) is -0.872. The van der Waals surface area contributed by atoms with Gasteiger partial charge in [-0.25, -0.2) is 0 Å². The summed E-state index contributed by atoms with van der Waals surface area (Å²) in [6, 6.07) is 0. The molecule has 6 heteroatoms. The van der Waals surface area contributed by atoms with Crippen molar-refractivity contribution in [2.75, 3.05) is 13.2 Å². The molecular formula is C73H128O6. The van der Waals surface area contributed by atoms with E-state index in [4.69, 9.17) is 14.2 Å². The monoisotopic (exact) mass is 1100 g/mol. The summed E-state index contributed by atoms with van der Waals surface area (Å²) in [4.78, 5) is 38.4. The minimum Gasteiger partial charge on any atom is -0.462 e. The van der Waals surface area contributed by atoms with Crippen LogP contribution in [0.5, 0.6) is 0 Å². The summed E-state index contributed by atoms with van der Waals surface area (Å²) in [6.07, 6.45) is 88.8. The Hall–Kier alpha value is -3.41. The molecule has 1 unspecified atom stereocenters. The summed E-state index contributed by atoms with van der Waals surface area (Å²) in [6.45, 7) is 6.55. The molecule has 0 saturated carbocycles. The van der Waals surface area contributed by atoms with E-state index in [1.165, 1.54) is 199 Å². The van der Waals surface area contributed by atoms with Gasteiger partial charge >= 0.3 is 17.9 Å². The number of carbonyl (C=O) groups is 3. The lowest BCUT2D eigenvalue weighted by atomic mass is 10.0. The van der Waals surface area contributed by atoms with Gasteiger partial charge in [-0.05, 0) is 96.3 Å². The summed E-state index contributed by atoms with van der Waals surface area (Å²) in [7, 11) is 0. The highest BCUT2D eigenvalue weighted by Gasteiger charge is 2.19. The average molecular weight is 1100 g/mol. The van der Waals surface area contributed by atoms with Crippen LogP contribution in [0.25, 0.3) is 0 Å². The van der Waals surface area contributed by atoms with E-state index < -0.39 is 6.10 Å². The van der Waals surface area contributed by atoms with Crippen LogP contribution in [0.3, 0.4) is 0 Å². The number of unbranched alkanes of at least 4 members (excludes halogenated alkanes) is 37. The third-order valence-corrected chi connectivity index (χ3v) is 14.9. The molecule has 0 aromatic carbocycles. The van der Waals surface area contributed by atoms with E-state index in [9.17, 15) is 14.4 Å². The molecule has 0 aromatic heterocycles. The van der Waals surface area contributed by atoms with Crippen molar-refractivity contribution in [1.29, 1.82) is 0 Å². The summed E-state index contributed by atoms with van der Waals surface area (Å²) >= 11 is 0. The highest BCUT2D eigenvalue weighted by Crippen LogP contribution is 2.17. The molecular weight excluding hydrogens is 973 g/mol. The van der Waals surface area contributed by atoms with Crippen LogP contribution < -0.4 is 0 Å². The quantitative estimate of drug-likeness (QED) is 0.0261. The minimum atomic E-state index is -0.781. The molecule has 0 aliphatic heterocycles. The smallest absolute Gasteiger partial charge is 0.306 e. The van der Waals surface area contributed by atoms with Gasteiger partial charge in [0.15, 0.2) is 6.10 Å². The Balaban J connectivity index is 4.28. The van der Waals surface area contributed by atoms with Crippen LogP contribution in [0.15, 0.2) is 85.1 Å². The molecule has 0 fully saturated rings. The minimum absolute atomic E-state index is 0.0777. The van der Waals surface area contributed by atoms with Crippen LogP contribution in [0, 0.1) is 0 Å². The van der Waals surface area contributed by atoms with Crippen LogP contribution in [0.4, 0.5) is 0 Å². The van der Waals surface area contributed by atoms with Crippen molar-refractivity contribution in [3.8, 4) is 0 Å². The second-order valence-electron chi connectivity index (χ2n) is 22.7. The maximum Gasteiger partial charge on any atom is 0.306 e. The van der Waals surface area contributed by atoms with E-state index in [2.05, 4.69) is 106 Å². The SMILES string of the molecule is CC/C=C\C/C=C\C/C=C\C/C=C\C/C=C\C/C=C\CCCCCCCCCCCCC(=O)OCC(COC(=O)CCCCCCC/C=C\CCCCCCC)OC(=O)CCCCCCCCCCCCCCCCCCCC. The number of hydrogen-bond acceptors (Lipinski definition) is 6. The fourth-order valence-corrected chi connectivity index (χ4v) is 9.80. The summed E-state index contributed by atoms with van der Waals surface area (Å²) < 4.78 is 17.0. The molecule has 0 rings (SSSR count). The second kappa shape index (κ2) is 67.1. The van der Waals surface area contributed by atoms with Crippen molar-refractivity contribution in [2.45, 2.75) is 348 Å². The standard InChI is InChI=1S/C73H128O6/c1-4-7-10-13-16-19-22-25-28-30-32-33-34-35-36-37-38-39-40-41-42-44-45-48-51-54-57-60-63-66-72(75)78-69-70(68-77-71(74)65-62-59-56-53-50-47-27-24-21-18-15-12-9-6-3)79-73(76)67-64-61-58-55-52-49-46-43-31-29-26-23-20-17-14-11-8-5-2/h7,10,16,19,24-25,27-28,32-33,35-36,38-39,70H,4-6,8-9,11-15,17-18,20-23,26,29-31,34,37,40-69H2,1-3H3/b10-7-,19-16-,27-24-,28-25-,33-32-,36-35-,39-38-. The maximum absolute atomic E-state index is 12.9. The molecule has 6 nitrogen and oxygen atoms in total. The fourth-order valence-electron chi connectivity index (χ4n) is 9.80. The predicted octanol–water partition coefficient (Wildman–Crippen LogP) is 23.4. The maximum atomic E-state index is 12.9. The molecule has 0 spiro atoms. The first-order valence-corrected chi connectivity index (χ1v) is 34.1. The molecule has 0 N–H and O–H groups in total. The van der Waals surface area contributed by atoms with Crippen LogP contribution in [0.1, 0.15) is 342 Å². The second-order valence-corrected chi connectivity index (χ2v) is 22.7. The normalized spacial score (nSPS) is 12.6. The van der Waals surface area contributed by atoms with Gasteiger partial charge in [0.2, 0.25) is 0 Å². The van der Waals surface area contributed by atoms with E-state index in [0.717, 1.165) is 103 Å². The van der Waals surface area contributed by atoms with Gasteiger partial charge in [-0.15, -0.1) is 0 Å². The average Bonchev–Trinajstić information content (AvgIpc) is 3.45.